The van der Waals surface area contributed by atoms with E-state index < -0.39 is 17.8 Å². The first-order valence-electron chi connectivity index (χ1n) is 7.58. The lowest BCUT2D eigenvalue weighted by molar-refractivity contribution is -0.142. The lowest BCUT2D eigenvalue weighted by Gasteiger charge is -2.13. The van der Waals surface area contributed by atoms with Crippen LogP contribution in [0.5, 0.6) is 0 Å². The summed E-state index contributed by atoms with van der Waals surface area (Å²) >= 11 is 0. The van der Waals surface area contributed by atoms with Gasteiger partial charge in [-0.05, 0) is 37.1 Å². The van der Waals surface area contributed by atoms with Crippen molar-refractivity contribution in [3.63, 3.8) is 0 Å². The third kappa shape index (κ3) is 2.86. The number of nitrogens with zero attached hydrogens (tertiary/aromatic N) is 4. The van der Waals surface area contributed by atoms with Crippen molar-refractivity contribution < 1.29 is 19.1 Å². The van der Waals surface area contributed by atoms with Crippen LogP contribution < -0.4 is 0 Å². The van der Waals surface area contributed by atoms with E-state index in [0.29, 0.717) is 18.1 Å². The van der Waals surface area contributed by atoms with Crippen LogP contribution in [0.4, 0.5) is 4.39 Å². The average molecular weight is 332 g/mol. The minimum Gasteiger partial charge on any atom is -0.481 e. The molecule has 1 amide bonds. The Morgan fingerprint density at radius 2 is 1.92 bits per heavy atom. The number of benzene rings is 1. The van der Waals surface area contributed by atoms with E-state index in [0.717, 1.165) is 0 Å². The number of hydrogen-bond donors (Lipinski definition) is 1. The van der Waals surface area contributed by atoms with E-state index in [1.165, 1.54) is 21.7 Å². The third-order valence-corrected chi connectivity index (χ3v) is 4.25. The van der Waals surface area contributed by atoms with Crippen molar-refractivity contribution in [1.82, 2.24) is 19.7 Å². The first kappa shape index (κ1) is 16.1. The van der Waals surface area contributed by atoms with Gasteiger partial charge < -0.3 is 10.0 Å². The van der Waals surface area contributed by atoms with Crippen LogP contribution >= 0.6 is 0 Å². The molecule has 2 aromatic rings. The quantitative estimate of drug-likeness (QED) is 0.920. The monoisotopic (exact) mass is 332 g/mol. The maximum absolute atomic E-state index is 13.0. The van der Waals surface area contributed by atoms with E-state index in [1.54, 1.807) is 19.1 Å². The van der Waals surface area contributed by atoms with Gasteiger partial charge in [0.1, 0.15) is 11.6 Å². The summed E-state index contributed by atoms with van der Waals surface area (Å²) in [5.74, 6) is -1.85. The number of halogens is 1. The van der Waals surface area contributed by atoms with Crippen molar-refractivity contribution in [1.29, 1.82) is 0 Å². The van der Waals surface area contributed by atoms with Gasteiger partial charge in [-0.1, -0.05) is 6.92 Å². The molecule has 0 unspecified atom stereocenters. The first-order chi connectivity index (χ1) is 11.4. The molecule has 3 rings (SSSR count). The molecule has 1 aromatic carbocycles. The van der Waals surface area contributed by atoms with Crippen LogP contribution in [0.25, 0.3) is 5.69 Å². The summed E-state index contributed by atoms with van der Waals surface area (Å²) in [7, 11) is 0. The Morgan fingerprint density at radius 1 is 1.25 bits per heavy atom. The van der Waals surface area contributed by atoms with Crippen LogP contribution in [-0.4, -0.2) is 49.7 Å². The summed E-state index contributed by atoms with van der Waals surface area (Å²) in [6, 6.07) is 5.70. The smallest absolute Gasteiger partial charge is 0.308 e. The number of carboxylic acid groups (broad SMARTS) is 1. The Hall–Kier alpha value is -2.77. The van der Waals surface area contributed by atoms with Crippen LogP contribution in [-0.2, 0) is 4.79 Å². The van der Waals surface area contributed by atoms with E-state index in [-0.39, 0.29) is 24.1 Å². The predicted octanol–water partition coefficient (Wildman–Crippen LogP) is 1.51. The van der Waals surface area contributed by atoms with E-state index in [2.05, 4.69) is 10.1 Å². The van der Waals surface area contributed by atoms with Crippen LogP contribution in [0.2, 0.25) is 0 Å². The van der Waals surface area contributed by atoms with E-state index in [9.17, 15) is 14.0 Å². The molecule has 1 saturated heterocycles. The highest BCUT2D eigenvalue weighted by molar-refractivity contribution is 5.91. The van der Waals surface area contributed by atoms with Gasteiger partial charge in [0, 0.05) is 13.1 Å². The standard InChI is InChI=1S/C16H17FN4O3/c1-9-7-20(8-13(9)16(23)24)15(22)14-18-10(2)21(19-14)12-5-3-11(17)4-6-12/h3-6,9,13H,7-8H2,1-2H3,(H,23,24)/t9-,13-/m1/s1. The van der Waals surface area contributed by atoms with Gasteiger partial charge in [-0.2, -0.15) is 0 Å². The van der Waals surface area contributed by atoms with Gasteiger partial charge >= 0.3 is 5.97 Å². The minimum absolute atomic E-state index is 0.00932. The fourth-order valence-corrected chi connectivity index (χ4v) is 2.90. The molecule has 24 heavy (non-hydrogen) atoms. The van der Waals surface area contributed by atoms with Gasteiger partial charge in [0.05, 0.1) is 11.6 Å². The number of carbonyl (C=O) groups is 2. The first-order valence-corrected chi connectivity index (χ1v) is 7.58. The molecule has 1 aliphatic rings. The fraction of sp³-hybridized carbons (Fsp3) is 0.375. The molecule has 1 fully saturated rings. The van der Waals surface area contributed by atoms with Crippen LogP contribution in [0.3, 0.4) is 0 Å². The third-order valence-electron chi connectivity index (χ3n) is 4.25. The number of hydrogen-bond acceptors (Lipinski definition) is 4. The topological polar surface area (TPSA) is 88.3 Å². The normalized spacial score (nSPS) is 20.4. The molecule has 2 atom stereocenters. The van der Waals surface area contributed by atoms with Gasteiger partial charge in [0.15, 0.2) is 0 Å². The second kappa shape index (κ2) is 6.03. The Bertz CT molecular complexity index is 787. The zero-order chi connectivity index (χ0) is 17.4. The van der Waals surface area contributed by atoms with Crippen molar-refractivity contribution in [2.75, 3.05) is 13.1 Å². The largest absolute Gasteiger partial charge is 0.481 e. The Morgan fingerprint density at radius 3 is 2.50 bits per heavy atom. The van der Waals surface area contributed by atoms with Crippen molar-refractivity contribution in [2.24, 2.45) is 11.8 Å². The highest BCUT2D eigenvalue weighted by Gasteiger charge is 2.38. The molecule has 8 heteroatoms. The average Bonchev–Trinajstić information content (AvgIpc) is 3.11. The number of carbonyl (C=O) groups excluding carboxylic acids is 1. The highest BCUT2D eigenvalue weighted by atomic mass is 19.1. The molecule has 2 heterocycles. The predicted molar refractivity (Wildman–Crippen MR) is 82.2 cm³/mol. The summed E-state index contributed by atoms with van der Waals surface area (Å²) in [5, 5.41) is 13.4. The number of likely N-dealkylation sites (tertiary alicyclic amines) is 1. The number of amides is 1. The molecular weight excluding hydrogens is 315 g/mol. The molecule has 0 spiro atoms. The summed E-state index contributed by atoms with van der Waals surface area (Å²) in [6.45, 7) is 4.01. The van der Waals surface area contributed by atoms with Gasteiger partial charge in [0.2, 0.25) is 5.82 Å². The summed E-state index contributed by atoms with van der Waals surface area (Å²) < 4.78 is 14.5. The van der Waals surface area contributed by atoms with Crippen molar-refractivity contribution in [3.05, 3.63) is 41.7 Å². The van der Waals surface area contributed by atoms with Crippen LogP contribution in [0.15, 0.2) is 24.3 Å². The number of carboxylic acids is 1. The zero-order valence-corrected chi connectivity index (χ0v) is 13.3. The van der Waals surface area contributed by atoms with Crippen molar-refractivity contribution in [2.45, 2.75) is 13.8 Å². The number of aliphatic carboxylic acids is 1. The maximum Gasteiger partial charge on any atom is 0.308 e. The van der Waals surface area contributed by atoms with Gasteiger partial charge in [0.25, 0.3) is 5.91 Å². The summed E-state index contributed by atoms with van der Waals surface area (Å²) in [6.07, 6.45) is 0. The molecule has 0 aliphatic carbocycles. The van der Waals surface area contributed by atoms with Crippen molar-refractivity contribution in [3.8, 4) is 5.69 Å². The van der Waals surface area contributed by atoms with Gasteiger partial charge in [-0.25, -0.2) is 14.1 Å². The van der Waals surface area contributed by atoms with Crippen LogP contribution in [0.1, 0.15) is 23.4 Å². The van der Waals surface area contributed by atoms with Crippen LogP contribution in [0, 0.1) is 24.6 Å². The second-order valence-electron chi connectivity index (χ2n) is 6.00. The van der Waals surface area contributed by atoms with Crippen molar-refractivity contribution >= 4 is 11.9 Å². The zero-order valence-electron chi connectivity index (χ0n) is 13.3. The molecule has 0 bridgehead atoms. The molecular formula is C16H17FN4O3. The number of rotatable bonds is 3. The lowest BCUT2D eigenvalue weighted by atomic mass is 9.99. The van der Waals surface area contributed by atoms with E-state index in [1.807, 2.05) is 6.92 Å². The molecule has 1 N–H and O–H groups in total. The molecule has 7 nitrogen and oxygen atoms in total. The SMILES string of the molecule is Cc1nc(C(=O)N2C[C@@H](C)[C@H](C(=O)O)C2)nn1-c1ccc(F)cc1. The highest BCUT2D eigenvalue weighted by Crippen LogP contribution is 2.24. The molecule has 0 saturated carbocycles. The fourth-order valence-electron chi connectivity index (χ4n) is 2.90. The molecule has 0 radical (unpaired) electrons. The van der Waals surface area contributed by atoms with Gasteiger partial charge in [-0.3, -0.25) is 9.59 Å². The van der Waals surface area contributed by atoms with E-state index >= 15 is 0 Å². The second-order valence-corrected chi connectivity index (χ2v) is 6.00. The molecule has 126 valence electrons. The molecule has 1 aliphatic heterocycles. The number of aryl methyl sites for hydroxylation is 1. The Labute approximate surface area is 137 Å². The summed E-state index contributed by atoms with van der Waals surface area (Å²) in [4.78, 5) is 29.4. The maximum atomic E-state index is 13.0. The minimum atomic E-state index is -0.904. The Kier molecular flexibility index (Phi) is 4.04. The lowest BCUT2D eigenvalue weighted by Crippen LogP contribution is -2.30. The number of aromatic nitrogens is 3. The summed E-state index contributed by atoms with van der Waals surface area (Å²) in [5.41, 5.74) is 0.596. The molecule has 1 aromatic heterocycles. The van der Waals surface area contributed by atoms with E-state index in [4.69, 9.17) is 5.11 Å². The Balaban J connectivity index is 1.83. The van der Waals surface area contributed by atoms with Gasteiger partial charge in [-0.15, -0.1) is 5.10 Å².